The number of rotatable bonds is 3. The molecule has 1 heterocycles. The second kappa shape index (κ2) is 5.76. The normalized spacial score (nSPS) is 19.6. The van der Waals surface area contributed by atoms with Crippen LogP contribution in [0.5, 0.6) is 5.75 Å². The van der Waals surface area contributed by atoms with Crippen LogP contribution in [0.2, 0.25) is 0 Å². The second-order valence-electron chi connectivity index (χ2n) is 4.39. The number of carbonyl (C=O) groups is 1. The summed E-state index contributed by atoms with van der Waals surface area (Å²) in [6, 6.07) is 3.80. The molecule has 0 saturated carbocycles. The van der Waals surface area contributed by atoms with Gasteiger partial charge in [-0.25, -0.2) is 0 Å². The Balaban J connectivity index is 2.32. The molecule has 98 valence electrons. The number of Topliss-reactive ketones (excluding diaryl/α,β-unsaturated/α-hetero) is 1. The highest BCUT2D eigenvalue weighted by Gasteiger charge is 2.26. The molecule has 0 bridgehead atoms. The average Bonchev–Trinajstić information content (AvgIpc) is 2.42. The summed E-state index contributed by atoms with van der Waals surface area (Å²) in [5.41, 5.74) is 2.78. The maximum Gasteiger partial charge on any atom is 0.196 e. The van der Waals surface area contributed by atoms with E-state index in [1.165, 1.54) is 0 Å². The third kappa shape index (κ3) is 2.54. The molecular weight excluding hydrogens is 248 g/mol. The molecule has 0 aliphatic carbocycles. The molecule has 1 unspecified atom stereocenters. The largest absolute Gasteiger partial charge is 0.496 e. The first kappa shape index (κ1) is 13.4. The molecule has 1 aliphatic rings. The SMILES string of the molecule is COc1c(C(=O)C2CSCCO2)ccc(C)c1C. The molecule has 1 atom stereocenters. The van der Waals surface area contributed by atoms with Crippen LogP contribution in [0.15, 0.2) is 12.1 Å². The Labute approximate surface area is 112 Å². The zero-order valence-corrected chi connectivity index (χ0v) is 11.8. The summed E-state index contributed by atoms with van der Waals surface area (Å²) < 4.78 is 10.9. The average molecular weight is 266 g/mol. The predicted octanol–water partition coefficient (Wildman–Crippen LogP) is 2.63. The second-order valence-corrected chi connectivity index (χ2v) is 5.54. The van der Waals surface area contributed by atoms with Gasteiger partial charge in [0.15, 0.2) is 5.78 Å². The van der Waals surface area contributed by atoms with Gasteiger partial charge in [-0.15, -0.1) is 0 Å². The maximum atomic E-state index is 12.4. The van der Waals surface area contributed by atoms with Crippen LogP contribution < -0.4 is 4.74 Å². The van der Waals surface area contributed by atoms with Crippen molar-refractivity contribution in [1.29, 1.82) is 0 Å². The molecule has 4 heteroatoms. The molecule has 1 aromatic carbocycles. The number of hydrogen-bond acceptors (Lipinski definition) is 4. The van der Waals surface area contributed by atoms with Gasteiger partial charge in [-0.3, -0.25) is 4.79 Å². The smallest absolute Gasteiger partial charge is 0.196 e. The molecule has 1 aliphatic heterocycles. The van der Waals surface area contributed by atoms with Crippen molar-refractivity contribution >= 4 is 17.5 Å². The van der Waals surface area contributed by atoms with Crippen molar-refractivity contribution in [2.24, 2.45) is 0 Å². The van der Waals surface area contributed by atoms with E-state index in [0.29, 0.717) is 17.9 Å². The fraction of sp³-hybridized carbons (Fsp3) is 0.500. The third-order valence-corrected chi connectivity index (χ3v) is 4.25. The number of ether oxygens (including phenoxy) is 2. The van der Waals surface area contributed by atoms with Crippen LogP contribution in [-0.2, 0) is 4.74 Å². The molecule has 1 saturated heterocycles. The van der Waals surface area contributed by atoms with E-state index in [0.717, 1.165) is 22.6 Å². The third-order valence-electron chi connectivity index (χ3n) is 3.25. The minimum atomic E-state index is -0.334. The summed E-state index contributed by atoms with van der Waals surface area (Å²) >= 11 is 1.76. The molecule has 0 spiro atoms. The molecule has 1 fully saturated rings. The van der Waals surface area contributed by atoms with E-state index in [-0.39, 0.29) is 11.9 Å². The number of methoxy groups -OCH3 is 1. The molecule has 0 aromatic heterocycles. The van der Waals surface area contributed by atoms with E-state index in [1.807, 2.05) is 26.0 Å². The summed E-state index contributed by atoms with van der Waals surface area (Å²) in [7, 11) is 1.61. The Hall–Kier alpha value is -1.00. The Morgan fingerprint density at radius 2 is 2.22 bits per heavy atom. The van der Waals surface area contributed by atoms with Crippen LogP contribution in [0, 0.1) is 13.8 Å². The van der Waals surface area contributed by atoms with Gasteiger partial charge in [-0.05, 0) is 31.0 Å². The fourth-order valence-electron chi connectivity index (χ4n) is 2.06. The summed E-state index contributed by atoms with van der Waals surface area (Å²) in [5, 5.41) is 0. The lowest BCUT2D eigenvalue weighted by atomic mass is 9.99. The van der Waals surface area contributed by atoms with E-state index >= 15 is 0 Å². The summed E-state index contributed by atoms with van der Waals surface area (Å²) in [5.74, 6) is 2.41. The number of ketones is 1. The van der Waals surface area contributed by atoms with Gasteiger partial charge in [0.1, 0.15) is 11.9 Å². The lowest BCUT2D eigenvalue weighted by Gasteiger charge is -2.22. The summed E-state index contributed by atoms with van der Waals surface area (Å²) in [6.45, 7) is 4.63. The van der Waals surface area contributed by atoms with Gasteiger partial charge in [-0.2, -0.15) is 11.8 Å². The number of thioether (sulfide) groups is 1. The minimum absolute atomic E-state index is 0.0298. The van der Waals surface area contributed by atoms with Crippen LogP contribution in [0.1, 0.15) is 21.5 Å². The zero-order chi connectivity index (χ0) is 13.1. The first-order valence-electron chi connectivity index (χ1n) is 6.03. The molecular formula is C14H18O3S. The highest BCUT2D eigenvalue weighted by atomic mass is 32.2. The van der Waals surface area contributed by atoms with E-state index in [4.69, 9.17) is 9.47 Å². The standard InChI is InChI=1S/C14H18O3S/c1-9-4-5-11(14(16-3)10(9)2)13(15)12-8-18-7-6-17-12/h4-5,12H,6-8H2,1-3H3. The monoisotopic (exact) mass is 266 g/mol. The topological polar surface area (TPSA) is 35.5 Å². The molecule has 2 rings (SSSR count). The van der Waals surface area contributed by atoms with Gasteiger partial charge >= 0.3 is 0 Å². The van der Waals surface area contributed by atoms with Crippen LogP contribution in [0.25, 0.3) is 0 Å². The van der Waals surface area contributed by atoms with Crippen LogP contribution in [0.4, 0.5) is 0 Å². The number of hydrogen-bond donors (Lipinski definition) is 0. The molecule has 18 heavy (non-hydrogen) atoms. The molecule has 3 nitrogen and oxygen atoms in total. The van der Waals surface area contributed by atoms with Gasteiger partial charge in [0.2, 0.25) is 0 Å². The maximum absolute atomic E-state index is 12.4. The number of carbonyl (C=O) groups excluding carboxylic acids is 1. The molecule has 0 N–H and O–H groups in total. The minimum Gasteiger partial charge on any atom is -0.496 e. The van der Waals surface area contributed by atoms with E-state index in [9.17, 15) is 4.79 Å². The van der Waals surface area contributed by atoms with Gasteiger partial charge in [0.05, 0.1) is 19.3 Å². The van der Waals surface area contributed by atoms with Crippen LogP contribution >= 0.6 is 11.8 Å². The van der Waals surface area contributed by atoms with Gasteiger partial charge in [-0.1, -0.05) is 6.07 Å². The molecule has 1 aromatic rings. The van der Waals surface area contributed by atoms with Crippen molar-refractivity contribution in [2.45, 2.75) is 20.0 Å². The molecule has 0 amide bonds. The Bertz CT molecular complexity index is 451. The Kier molecular flexibility index (Phi) is 4.30. The zero-order valence-electron chi connectivity index (χ0n) is 11.0. The summed E-state index contributed by atoms with van der Waals surface area (Å²) in [6.07, 6.45) is -0.334. The van der Waals surface area contributed by atoms with Gasteiger partial charge < -0.3 is 9.47 Å². The number of benzene rings is 1. The Morgan fingerprint density at radius 3 is 2.83 bits per heavy atom. The fourth-order valence-corrected chi connectivity index (χ4v) is 2.90. The van der Waals surface area contributed by atoms with Crippen molar-refractivity contribution in [3.8, 4) is 5.75 Å². The van der Waals surface area contributed by atoms with Gasteiger partial charge in [0.25, 0.3) is 0 Å². The van der Waals surface area contributed by atoms with Crippen LogP contribution in [0.3, 0.4) is 0 Å². The first-order valence-corrected chi connectivity index (χ1v) is 7.18. The lowest BCUT2D eigenvalue weighted by Crippen LogP contribution is -2.31. The van der Waals surface area contributed by atoms with Crippen LogP contribution in [-0.4, -0.2) is 37.1 Å². The highest BCUT2D eigenvalue weighted by Crippen LogP contribution is 2.28. The lowest BCUT2D eigenvalue weighted by molar-refractivity contribution is 0.0516. The number of aryl methyl sites for hydroxylation is 1. The van der Waals surface area contributed by atoms with Crippen molar-refractivity contribution in [3.63, 3.8) is 0 Å². The van der Waals surface area contributed by atoms with E-state index < -0.39 is 0 Å². The van der Waals surface area contributed by atoms with Gasteiger partial charge in [0, 0.05) is 11.5 Å². The first-order chi connectivity index (χ1) is 8.65. The molecule has 0 radical (unpaired) electrons. The highest BCUT2D eigenvalue weighted by molar-refractivity contribution is 7.99. The van der Waals surface area contributed by atoms with Crippen molar-refractivity contribution < 1.29 is 14.3 Å². The van der Waals surface area contributed by atoms with Crippen molar-refractivity contribution in [1.82, 2.24) is 0 Å². The van der Waals surface area contributed by atoms with Crippen molar-refractivity contribution in [3.05, 3.63) is 28.8 Å². The Morgan fingerprint density at radius 1 is 1.44 bits per heavy atom. The predicted molar refractivity (Wildman–Crippen MR) is 73.9 cm³/mol. The quantitative estimate of drug-likeness (QED) is 0.788. The summed E-state index contributed by atoms with van der Waals surface area (Å²) in [4.78, 5) is 12.4. The van der Waals surface area contributed by atoms with Crippen molar-refractivity contribution in [2.75, 3.05) is 25.2 Å². The van der Waals surface area contributed by atoms with E-state index in [1.54, 1.807) is 18.9 Å². The van der Waals surface area contributed by atoms with E-state index in [2.05, 4.69) is 0 Å².